The molecule has 2 amide bonds. The second kappa shape index (κ2) is 10.6. The fourth-order valence-corrected chi connectivity index (χ4v) is 2.90. The minimum absolute atomic E-state index is 0.0259. The van der Waals surface area contributed by atoms with E-state index in [-0.39, 0.29) is 17.7 Å². The molecule has 0 saturated carbocycles. The Morgan fingerprint density at radius 3 is 2.48 bits per heavy atom. The van der Waals surface area contributed by atoms with Gasteiger partial charge in [0.25, 0.3) is 0 Å². The largest absolute Gasteiger partial charge is 0.384 e. The summed E-state index contributed by atoms with van der Waals surface area (Å²) in [6, 6.07) is 9.91. The van der Waals surface area contributed by atoms with Crippen molar-refractivity contribution in [3.63, 3.8) is 0 Å². The Morgan fingerprint density at radius 1 is 1.14 bits per heavy atom. The second-order valence-corrected chi connectivity index (χ2v) is 7.41. The molecule has 0 radical (unpaired) electrons. The van der Waals surface area contributed by atoms with E-state index in [1.54, 1.807) is 18.3 Å². The molecule has 3 atom stereocenters. The van der Waals surface area contributed by atoms with Crippen molar-refractivity contribution in [1.82, 2.24) is 15.6 Å². The van der Waals surface area contributed by atoms with Gasteiger partial charge in [-0.2, -0.15) is 0 Å². The van der Waals surface area contributed by atoms with E-state index in [0.29, 0.717) is 18.8 Å². The van der Waals surface area contributed by atoms with Gasteiger partial charge in [0.2, 0.25) is 11.8 Å². The van der Waals surface area contributed by atoms with E-state index < -0.39 is 12.1 Å². The Balaban J connectivity index is 2.11. The smallest absolute Gasteiger partial charge is 0.243 e. The zero-order valence-corrected chi connectivity index (χ0v) is 17.3. The second-order valence-electron chi connectivity index (χ2n) is 7.41. The number of aromatic nitrogens is 1. The molecule has 0 unspecified atom stereocenters. The number of hydrogen-bond acceptors (Lipinski definition) is 5. The molecule has 0 aliphatic heterocycles. The van der Waals surface area contributed by atoms with E-state index in [0.717, 1.165) is 23.1 Å². The van der Waals surface area contributed by atoms with Crippen molar-refractivity contribution >= 4 is 17.6 Å². The quantitative estimate of drug-likeness (QED) is 0.513. The van der Waals surface area contributed by atoms with E-state index in [1.807, 2.05) is 45.0 Å². The topological polar surface area (TPSA) is 123 Å². The zero-order chi connectivity index (χ0) is 21.4. The molecule has 1 heterocycles. The highest BCUT2D eigenvalue weighted by Crippen LogP contribution is 2.12. The zero-order valence-electron chi connectivity index (χ0n) is 17.3. The number of carbonyl (C=O) groups is 2. The predicted molar refractivity (Wildman–Crippen MR) is 115 cm³/mol. The highest BCUT2D eigenvalue weighted by atomic mass is 16.2. The van der Waals surface area contributed by atoms with Crippen LogP contribution in [-0.2, 0) is 22.6 Å². The van der Waals surface area contributed by atoms with Gasteiger partial charge in [0.1, 0.15) is 11.9 Å². The lowest BCUT2D eigenvalue weighted by atomic mass is 9.97. The number of nitrogens with one attached hydrogen (secondary N) is 2. The maximum atomic E-state index is 12.9. The van der Waals surface area contributed by atoms with Gasteiger partial charge in [-0.25, -0.2) is 4.98 Å². The molecule has 0 aliphatic carbocycles. The normalized spacial score (nSPS) is 13.9. The molecule has 0 spiro atoms. The molecule has 7 heteroatoms. The van der Waals surface area contributed by atoms with E-state index in [2.05, 4.69) is 15.6 Å². The number of hydrogen-bond donors (Lipinski definition) is 4. The van der Waals surface area contributed by atoms with Crippen LogP contribution in [0.2, 0.25) is 0 Å². The van der Waals surface area contributed by atoms with Crippen LogP contribution in [-0.4, -0.2) is 28.9 Å². The van der Waals surface area contributed by atoms with Crippen LogP contribution in [0.3, 0.4) is 0 Å². The molecule has 0 fully saturated rings. The van der Waals surface area contributed by atoms with E-state index in [4.69, 9.17) is 11.5 Å². The molecule has 0 saturated heterocycles. The number of anilines is 1. The first-order valence-corrected chi connectivity index (χ1v) is 9.90. The molecule has 2 aromatic rings. The molecule has 1 aromatic heterocycles. The van der Waals surface area contributed by atoms with Gasteiger partial charge in [0.05, 0.1) is 6.04 Å². The Morgan fingerprint density at radius 2 is 1.86 bits per heavy atom. The first kappa shape index (κ1) is 22.4. The van der Waals surface area contributed by atoms with E-state index >= 15 is 0 Å². The number of carbonyl (C=O) groups excluding carboxylic acids is 2. The van der Waals surface area contributed by atoms with Crippen molar-refractivity contribution in [2.24, 2.45) is 11.7 Å². The van der Waals surface area contributed by atoms with Gasteiger partial charge >= 0.3 is 0 Å². The van der Waals surface area contributed by atoms with Gasteiger partial charge < -0.3 is 22.1 Å². The highest BCUT2D eigenvalue weighted by molar-refractivity contribution is 5.90. The van der Waals surface area contributed by atoms with Crippen molar-refractivity contribution in [3.8, 4) is 0 Å². The molecule has 0 bridgehead atoms. The summed E-state index contributed by atoms with van der Waals surface area (Å²) >= 11 is 0. The lowest BCUT2D eigenvalue weighted by molar-refractivity contribution is -0.130. The van der Waals surface area contributed by atoms with Crippen LogP contribution in [0.15, 0.2) is 42.6 Å². The average Bonchev–Trinajstić information content (AvgIpc) is 2.72. The van der Waals surface area contributed by atoms with Crippen molar-refractivity contribution in [2.45, 2.75) is 52.2 Å². The molecule has 29 heavy (non-hydrogen) atoms. The van der Waals surface area contributed by atoms with Crippen molar-refractivity contribution in [3.05, 3.63) is 59.3 Å². The molecular weight excluding hydrogens is 366 g/mol. The standard InChI is InChI=1S/C22H31N5O2/c1-4-14(2)20(24)22(29)27-18(11-17-8-6-5-7-15(17)3)21(28)26-13-16-9-10-19(23)25-12-16/h5-10,12,14,18,20H,4,11,13,24H2,1-3H3,(H2,23,25)(H,26,28)(H,27,29)/t14-,18+,20-/m0/s1. The van der Waals surface area contributed by atoms with Crippen molar-refractivity contribution in [1.29, 1.82) is 0 Å². The van der Waals surface area contributed by atoms with Crippen LogP contribution < -0.4 is 22.1 Å². The summed E-state index contributed by atoms with van der Waals surface area (Å²) in [5.74, 6) is -0.140. The SMILES string of the molecule is CC[C@H](C)[C@H](N)C(=O)N[C@H](Cc1ccccc1C)C(=O)NCc1ccc(N)nc1. The predicted octanol–water partition coefficient (Wildman–Crippen LogP) is 1.69. The lowest BCUT2D eigenvalue weighted by Gasteiger charge is -2.23. The molecule has 1 aromatic carbocycles. The Kier molecular flexibility index (Phi) is 8.15. The maximum absolute atomic E-state index is 12.9. The third-order valence-corrected chi connectivity index (χ3v) is 5.19. The fraction of sp³-hybridized carbons (Fsp3) is 0.409. The summed E-state index contributed by atoms with van der Waals surface area (Å²) in [5.41, 5.74) is 14.5. The molecule has 156 valence electrons. The summed E-state index contributed by atoms with van der Waals surface area (Å²) < 4.78 is 0. The summed E-state index contributed by atoms with van der Waals surface area (Å²) in [6.45, 7) is 6.19. The maximum Gasteiger partial charge on any atom is 0.243 e. The summed E-state index contributed by atoms with van der Waals surface area (Å²) in [6.07, 6.45) is 2.79. The van der Waals surface area contributed by atoms with Crippen molar-refractivity contribution in [2.75, 3.05) is 5.73 Å². The van der Waals surface area contributed by atoms with Gasteiger partial charge in [-0.1, -0.05) is 50.6 Å². The first-order chi connectivity index (χ1) is 13.8. The highest BCUT2D eigenvalue weighted by Gasteiger charge is 2.26. The number of pyridine rings is 1. The molecule has 0 aliphatic rings. The summed E-state index contributed by atoms with van der Waals surface area (Å²) in [5, 5.41) is 5.71. The van der Waals surface area contributed by atoms with E-state index in [1.165, 1.54) is 0 Å². The molecule has 6 N–H and O–H groups in total. The van der Waals surface area contributed by atoms with Gasteiger partial charge in [-0.05, 0) is 35.6 Å². The Labute approximate surface area is 172 Å². The van der Waals surface area contributed by atoms with Gasteiger partial charge in [-0.15, -0.1) is 0 Å². The number of aryl methyl sites for hydroxylation is 1. The summed E-state index contributed by atoms with van der Waals surface area (Å²) in [7, 11) is 0. The van der Waals surface area contributed by atoms with Crippen LogP contribution in [0, 0.1) is 12.8 Å². The lowest BCUT2D eigenvalue weighted by Crippen LogP contribution is -2.53. The molecular formula is C22H31N5O2. The number of nitrogen functional groups attached to an aromatic ring is 1. The first-order valence-electron chi connectivity index (χ1n) is 9.90. The van der Waals surface area contributed by atoms with Crippen LogP contribution in [0.5, 0.6) is 0 Å². The third-order valence-electron chi connectivity index (χ3n) is 5.19. The van der Waals surface area contributed by atoms with Crippen molar-refractivity contribution < 1.29 is 9.59 Å². The van der Waals surface area contributed by atoms with Crippen LogP contribution in [0.25, 0.3) is 0 Å². The fourth-order valence-electron chi connectivity index (χ4n) is 2.90. The number of rotatable bonds is 9. The monoisotopic (exact) mass is 397 g/mol. The third kappa shape index (κ3) is 6.57. The number of benzene rings is 1. The molecule has 2 rings (SSSR count). The average molecular weight is 398 g/mol. The van der Waals surface area contributed by atoms with Crippen LogP contribution in [0.1, 0.15) is 37.0 Å². The van der Waals surface area contributed by atoms with Crippen LogP contribution in [0.4, 0.5) is 5.82 Å². The van der Waals surface area contributed by atoms with E-state index in [9.17, 15) is 9.59 Å². The van der Waals surface area contributed by atoms with Gasteiger partial charge in [-0.3, -0.25) is 9.59 Å². The van der Waals surface area contributed by atoms with Gasteiger partial charge in [0, 0.05) is 19.2 Å². The number of amides is 2. The molecule has 7 nitrogen and oxygen atoms in total. The van der Waals surface area contributed by atoms with Crippen LogP contribution >= 0.6 is 0 Å². The Hall–Kier alpha value is -2.93. The minimum atomic E-state index is -0.722. The van der Waals surface area contributed by atoms with Gasteiger partial charge in [0.15, 0.2) is 0 Å². The Bertz CT molecular complexity index is 822. The minimum Gasteiger partial charge on any atom is -0.384 e. The number of nitrogens with two attached hydrogens (primary N) is 2. The summed E-state index contributed by atoms with van der Waals surface area (Å²) in [4.78, 5) is 29.5. The number of nitrogens with zero attached hydrogens (tertiary/aromatic N) is 1.